The van der Waals surface area contributed by atoms with Gasteiger partial charge in [0.25, 0.3) is 10.2 Å². The summed E-state index contributed by atoms with van der Waals surface area (Å²) in [5.74, 6) is 0.596. The predicted octanol–water partition coefficient (Wildman–Crippen LogP) is 3.04. The molecule has 136 valence electrons. The van der Waals surface area contributed by atoms with E-state index in [1.807, 2.05) is 54.6 Å². The normalized spacial score (nSPS) is 19.0. The van der Waals surface area contributed by atoms with Gasteiger partial charge in [0.15, 0.2) is 11.5 Å². The van der Waals surface area contributed by atoms with Gasteiger partial charge in [-0.05, 0) is 30.5 Å². The van der Waals surface area contributed by atoms with Crippen molar-refractivity contribution < 1.29 is 12.8 Å². The van der Waals surface area contributed by atoms with Crippen molar-refractivity contribution in [2.75, 3.05) is 13.1 Å². The number of hydrogen-bond acceptors (Lipinski definition) is 4. The van der Waals surface area contributed by atoms with Crippen LogP contribution in [0.15, 0.2) is 59.0 Å². The lowest BCUT2D eigenvalue weighted by Crippen LogP contribution is -2.45. The van der Waals surface area contributed by atoms with Crippen molar-refractivity contribution in [3.8, 4) is 0 Å². The molecular formula is C19H21N3O3S. The van der Waals surface area contributed by atoms with Crippen LogP contribution in [0.5, 0.6) is 0 Å². The first-order valence-corrected chi connectivity index (χ1v) is 10.2. The summed E-state index contributed by atoms with van der Waals surface area (Å²) in [5.41, 5.74) is 2.48. The Morgan fingerprint density at radius 3 is 2.69 bits per heavy atom. The van der Waals surface area contributed by atoms with E-state index < -0.39 is 10.2 Å². The molecule has 1 atom stereocenters. The third-order valence-electron chi connectivity index (χ3n) is 4.69. The molecule has 4 rings (SSSR count). The minimum absolute atomic E-state index is 0.0237. The maximum atomic E-state index is 12.7. The summed E-state index contributed by atoms with van der Waals surface area (Å²) < 4.78 is 35.4. The Morgan fingerprint density at radius 1 is 1.12 bits per heavy atom. The van der Waals surface area contributed by atoms with Crippen molar-refractivity contribution in [3.05, 3.63) is 66.1 Å². The lowest BCUT2D eigenvalue weighted by Gasteiger charge is -2.30. The lowest BCUT2D eigenvalue weighted by molar-refractivity contribution is 0.285. The van der Waals surface area contributed by atoms with Crippen LogP contribution < -0.4 is 4.72 Å². The van der Waals surface area contributed by atoms with Gasteiger partial charge in [0.1, 0.15) is 5.52 Å². The number of para-hydroxylation sites is 2. The van der Waals surface area contributed by atoms with Crippen LogP contribution in [0, 0.1) is 0 Å². The van der Waals surface area contributed by atoms with Crippen LogP contribution in [0.3, 0.4) is 0 Å². The zero-order chi connectivity index (χ0) is 18.0. The molecule has 0 amide bonds. The van der Waals surface area contributed by atoms with Crippen molar-refractivity contribution in [1.82, 2.24) is 14.0 Å². The maximum Gasteiger partial charge on any atom is 0.279 e. The van der Waals surface area contributed by atoms with Gasteiger partial charge in [0.2, 0.25) is 0 Å². The molecule has 3 aromatic rings. The second kappa shape index (κ2) is 7.19. The molecule has 0 saturated carbocycles. The molecule has 0 aliphatic carbocycles. The zero-order valence-electron chi connectivity index (χ0n) is 14.3. The molecule has 0 bridgehead atoms. The van der Waals surface area contributed by atoms with Gasteiger partial charge >= 0.3 is 0 Å². The standard InChI is InChI=1S/C19H21N3O3S/c23-26(24,20-13-15-7-2-1-3-8-15)22-12-6-9-16(14-22)19-21-17-10-4-5-11-18(17)25-19/h1-5,7-8,10-11,16,20H,6,9,12-14H2. The Kier molecular flexibility index (Phi) is 4.76. The van der Waals surface area contributed by atoms with Crippen LogP contribution >= 0.6 is 0 Å². The van der Waals surface area contributed by atoms with Gasteiger partial charge in [0, 0.05) is 25.6 Å². The van der Waals surface area contributed by atoms with E-state index in [4.69, 9.17) is 4.42 Å². The van der Waals surface area contributed by atoms with E-state index in [0.29, 0.717) is 19.0 Å². The molecule has 6 nitrogen and oxygen atoms in total. The molecule has 2 aromatic carbocycles. The number of rotatable bonds is 5. The quantitative estimate of drug-likeness (QED) is 0.748. The molecule has 1 fully saturated rings. The lowest BCUT2D eigenvalue weighted by atomic mass is 10.00. The van der Waals surface area contributed by atoms with Crippen LogP contribution in [0.25, 0.3) is 11.1 Å². The molecule has 26 heavy (non-hydrogen) atoms. The summed E-state index contributed by atoms with van der Waals surface area (Å²) >= 11 is 0. The number of benzene rings is 2. The van der Waals surface area contributed by atoms with Crippen LogP contribution in [0.2, 0.25) is 0 Å². The smallest absolute Gasteiger partial charge is 0.279 e. The van der Waals surface area contributed by atoms with Gasteiger partial charge in [-0.1, -0.05) is 42.5 Å². The van der Waals surface area contributed by atoms with E-state index in [-0.39, 0.29) is 12.5 Å². The highest BCUT2D eigenvalue weighted by Gasteiger charge is 2.31. The summed E-state index contributed by atoms with van der Waals surface area (Å²) in [6.07, 6.45) is 1.66. The molecule has 7 heteroatoms. The Balaban J connectivity index is 1.47. The van der Waals surface area contributed by atoms with Crippen LogP contribution in [-0.4, -0.2) is 30.8 Å². The first-order chi connectivity index (χ1) is 12.6. The van der Waals surface area contributed by atoms with Crippen molar-refractivity contribution in [2.24, 2.45) is 0 Å². The number of nitrogens with zero attached hydrogens (tertiary/aromatic N) is 2. The van der Waals surface area contributed by atoms with Gasteiger partial charge in [-0.25, -0.2) is 4.98 Å². The number of fused-ring (bicyclic) bond motifs is 1. The fourth-order valence-electron chi connectivity index (χ4n) is 3.29. The van der Waals surface area contributed by atoms with Crippen molar-refractivity contribution in [2.45, 2.75) is 25.3 Å². The summed E-state index contributed by atoms with van der Waals surface area (Å²) in [5, 5.41) is 0. The van der Waals surface area contributed by atoms with Crippen LogP contribution in [-0.2, 0) is 16.8 Å². The molecule has 1 aromatic heterocycles. The predicted molar refractivity (Wildman–Crippen MR) is 99.8 cm³/mol. The Bertz CT molecular complexity index is 952. The van der Waals surface area contributed by atoms with Gasteiger partial charge in [-0.15, -0.1) is 0 Å². The van der Waals surface area contributed by atoms with Crippen molar-refractivity contribution in [1.29, 1.82) is 0 Å². The largest absolute Gasteiger partial charge is 0.440 e. The third kappa shape index (κ3) is 3.65. The van der Waals surface area contributed by atoms with Gasteiger partial charge < -0.3 is 4.42 Å². The monoisotopic (exact) mass is 371 g/mol. The number of aromatic nitrogens is 1. The molecule has 1 N–H and O–H groups in total. The third-order valence-corrected chi connectivity index (χ3v) is 6.21. The summed E-state index contributed by atoms with van der Waals surface area (Å²) in [6, 6.07) is 17.1. The Hall–Kier alpha value is -2.22. The summed E-state index contributed by atoms with van der Waals surface area (Å²) in [4.78, 5) is 4.54. The van der Waals surface area contributed by atoms with Crippen molar-refractivity contribution in [3.63, 3.8) is 0 Å². The molecule has 1 saturated heterocycles. The molecule has 0 spiro atoms. The maximum absolute atomic E-state index is 12.7. The highest BCUT2D eigenvalue weighted by Crippen LogP contribution is 2.29. The zero-order valence-corrected chi connectivity index (χ0v) is 15.2. The van der Waals surface area contributed by atoms with Crippen molar-refractivity contribution >= 4 is 21.3 Å². The minimum Gasteiger partial charge on any atom is -0.440 e. The molecule has 1 aliphatic rings. The second-order valence-corrected chi connectivity index (χ2v) is 8.28. The van der Waals surface area contributed by atoms with E-state index in [0.717, 1.165) is 29.5 Å². The van der Waals surface area contributed by atoms with Gasteiger partial charge in [-0.2, -0.15) is 17.4 Å². The first kappa shape index (κ1) is 17.2. The van der Waals surface area contributed by atoms with Crippen LogP contribution in [0.4, 0.5) is 0 Å². The van der Waals surface area contributed by atoms with Gasteiger partial charge in [-0.3, -0.25) is 0 Å². The molecule has 0 radical (unpaired) electrons. The average Bonchev–Trinajstić information content (AvgIpc) is 3.12. The molecule has 2 heterocycles. The fourth-order valence-corrected chi connectivity index (χ4v) is 4.57. The topological polar surface area (TPSA) is 75.4 Å². The van der Waals surface area contributed by atoms with E-state index in [1.54, 1.807) is 0 Å². The fraction of sp³-hybridized carbons (Fsp3) is 0.316. The summed E-state index contributed by atoms with van der Waals surface area (Å²) in [7, 11) is -3.54. The van der Waals surface area contributed by atoms with E-state index >= 15 is 0 Å². The highest BCUT2D eigenvalue weighted by molar-refractivity contribution is 7.87. The van der Waals surface area contributed by atoms with Gasteiger partial charge in [0.05, 0.1) is 0 Å². The minimum atomic E-state index is -3.54. The Morgan fingerprint density at radius 2 is 1.88 bits per heavy atom. The first-order valence-electron chi connectivity index (χ1n) is 8.76. The second-order valence-electron chi connectivity index (χ2n) is 6.53. The van der Waals surface area contributed by atoms with E-state index in [9.17, 15) is 8.42 Å². The number of oxazole rings is 1. The number of piperidine rings is 1. The Labute approximate surface area is 153 Å². The molecule has 1 unspecified atom stereocenters. The summed E-state index contributed by atoms with van der Waals surface area (Å²) in [6.45, 7) is 1.19. The molecule has 1 aliphatic heterocycles. The van der Waals surface area contributed by atoms with E-state index in [2.05, 4.69) is 9.71 Å². The SMILES string of the molecule is O=S(=O)(NCc1ccccc1)N1CCCC(c2nc3ccccc3o2)C1. The average molecular weight is 371 g/mol. The van der Waals surface area contributed by atoms with E-state index in [1.165, 1.54) is 4.31 Å². The number of nitrogens with one attached hydrogen (secondary N) is 1. The highest BCUT2D eigenvalue weighted by atomic mass is 32.2. The van der Waals surface area contributed by atoms with Crippen LogP contribution in [0.1, 0.15) is 30.2 Å². The number of hydrogen-bond donors (Lipinski definition) is 1. The molecular weight excluding hydrogens is 350 g/mol.